The number of hydrogen-bond donors (Lipinski definition) is 0. The molecule has 0 N–H and O–H groups in total. The lowest BCUT2D eigenvalue weighted by molar-refractivity contribution is -0.386. The van der Waals surface area contributed by atoms with Crippen molar-refractivity contribution in [2.75, 3.05) is 0 Å². The quantitative estimate of drug-likeness (QED) is 0.419. The number of nitrogens with zero attached hydrogens (tertiary/aromatic N) is 2. The van der Waals surface area contributed by atoms with Gasteiger partial charge in [-0.05, 0) is 55.3 Å². The first kappa shape index (κ1) is 17.4. The molecule has 2 aromatic carbocycles. The second kappa shape index (κ2) is 6.80. The molecule has 25 heavy (non-hydrogen) atoms. The normalized spacial score (nSPS) is 10.9. The Bertz CT molecular complexity index is 949. The van der Waals surface area contributed by atoms with Crippen molar-refractivity contribution in [3.8, 4) is 11.1 Å². The van der Waals surface area contributed by atoms with Gasteiger partial charge in [0.25, 0.3) is 5.69 Å². The summed E-state index contributed by atoms with van der Waals surface area (Å²) in [5.74, 6) is -0.278. The lowest BCUT2D eigenvalue weighted by Crippen LogP contribution is -2.05. The lowest BCUT2D eigenvalue weighted by atomic mass is 10.1. The number of halogens is 2. The average molecular weight is 403 g/mol. The minimum atomic E-state index is -0.336. The monoisotopic (exact) mass is 402 g/mol. The molecule has 1 aromatic heterocycles. The van der Waals surface area contributed by atoms with Crippen LogP contribution >= 0.6 is 15.9 Å². The summed E-state index contributed by atoms with van der Waals surface area (Å²) >= 11 is 3.41. The van der Waals surface area contributed by atoms with Crippen molar-refractivity contribution < 1.29 is 9.31 Å². The van der Waals surface area contributed by atoms with Gasteiger partial charge in [-0.25, -0.2) is 4.39 Å². The molecule has 0 atom stereocenters. The van der Waals surface area contributed by atoms with E-state index in [0.29, 0.717) is 17.7 Å². The molecule has 0 aliphatic rings. The fourth-order valence-electron chi connectivity index (χ4n) is 2.96. The number of nitro groups is 1. The Hall–Kier alpha value is -2.47. The molecule has 6 heteroatoms. The van der Waals surface area contributed by atoms with Gasteiger partial charge in [0.05, 0.1) is 17.0 Å². The second-order valence-corrected chi connectivity index (χ2v) is 6.91. The summed E-state index contributed by atoms with van der Waals surface area (Å²) in [4.78, 5) is 11.1. The van der Waals surface area contributed by atoms with Gasteiger partial charge < -0.3 is 4.57 Å². The number of nitro benzene ring substituents is 1. The van der Waals surface area contributed by atoms with Crippen LogP contribution < -0.4 is 0 Å². The van der Waals surface area contributed by atoms with E-state index in [1.54, 1.807) is 31.2 Å². The zero-order valence-corrected chi connectivity index (χ0v) is 15.4. The van der Waals surface area contributed by atoms with Gasteiger partial charge in [0, 0.05) is 21.9 Å². The minimum absolute atomic E-state index is 0.139. The van der Waals surface area contributed by atoms with Crippen LogP contribution in [0.5, 0.6) is 0 Å². The number of rotatable bonds is 4. The van der Waals surface area contributed by atoms with Gasteiger partial charge >= 0.3 is 0 Å². The zero-order chi connectivity index (χ0) is 18.1. The van der Waals surface area contributed by atoms with Crippen molar-refractivity contribution in [1.29, 1.82) is 0 Å². The molecule has 0 unspecified atom stereocenters. The van der Waals surface area contributed by atoms with Crippen LogP contribution in [0.2, 0.25) is 0 Å². The Kier molecular flexibility index (Phi) is 4.72. The molecule has 0 fully saturated rings. The SMILES string of the molecule is Cc1cc(Br)cc(Cn2cc(-c3ccc(F)cc3)cc2C)c1[N+](=O)[O-]. The Morgan fingerprint density at radius 2 is 1.80 bits per heavy atom. The van der Waals surface area contributed by atoms with Crippen LogP contribution in [0.1, 0.15) is 16.8 Å². The predicted molar refractivity (Wildman–Crippen MR) is 99.2 cm³/mol. The van der Waals surface area contributed by atoms with E-state index in [1.807, 2.05) is 23.8 Å². The smallest absolute Gasteiger partial charge is 0.277 e. The lowest BCUT2D eigenvalue weighted by Gasteiger charge is -2.09. The molecule has 3 rings (SSSR count). The van der Waals surface area contributed by atoms with E-state index in [4.69, 9.17) is 0 Å². The van der Waals surface area contributed by atoms with Crippen LogP contribution in [0.3, 0.4) is 0 Å². The molecule has 0 aliphatic heterocycles. The Balaban J connectivity index is 2.00. The van der Waals surface area contributed by atoms with Gasteiger partial charge in [-0.3, -0.25) is 10.1 Å². The Morgan fingerprint density at radius 3 is 2.44 bits per heavy atom. The maximum Gasteiger partial charge on any atom is 0.277 e. The second-order valence-electron chi connectivity index (χ2n) is 5.99. The molecule has 0 spiro atoms. The largest absolute Gasteiger partial charge is 0.346 e. The highest BCUT2D eigenvalue weighted by Gasteiger charge is 2.19. The third-order valence-electron chi connectivity index (χ3n) is 4.16. The molecular weight excluding hydrogens is 387 g/mol. The fourth-order valence-corrected chi connectivity index (χ4v) is 3.58. The first-order chi connectivity index (χ1) is 11.8. The van der Waals surface area contributed by atoms with E-state index >= 15 is 0 Å². The molecule has 0 bridgehead atoms. The van der Waals surface area contributed by atoms with Gasteiger partial charge in [0.1, 0.15) is 5.82 Å². The van der Waals surface area contributed by atoms with Crippen LogP contribution in [0.4, 0.5) is 10.1 Å². The number of aromatic nitrogens is 1. The van der Waals surface area contributed by atoms with Gasteiger partial charge in [-0.2, -0.15) is 0 Å². The molecule has 4 nitrogen and oxygen atoms in total. The highest BCUT2D eigenvalue weighted by atomic mass is 79.9. The Morgan fingerprint density at radius 1 is 1.12 bits per heavy atom. The topological polar surface area (TPSA) is 48.1 Å². The number of benzene rings is 2. The van der Waals surface area contributed by atoms with E-state index in [1.165, 1.54) is 12.1 Å². The first-order valence-electron chi connectivity index (χ1n) is 7.71. The van der Waals surface area contributed by atoms with E-state index in [-0.39, 0.29) is 16.4 Å². The van der Waals surface area contributed by atoms with E-state index in [2.05, 4.69) is 15.9 Å². The Labute approximate surface area is 153 Å². The van der Waals surface area contributed by atoms with Gasteiger partial charge in [0.15, 0.2) is 0 Å². The maximum atomic E-state index is 13.1. The molecular formula is C19H16BrFN2O2. The van der Waals surface area contributed by atoms with Crippen molar-refractivity contribution >= 4 is 21.6 Å². The summed E-state index contributed by atoms with van der Waals surface area (Å²) in [6.45, 7) is 4.08. The first-order valence-corrected chi connectivity index (χ1v) is 8.50. The molecule has 0 radical (unpaired) electrons. The summed E-state index contributed by atoms with van der Waals surface area (Å²) in [5, 5.41) is 11.4. The highest BCUT2D eigenvalue weighted by Crippen LogP contribution is 2.30. The summed E-state index contributed by atoms with van der Waals surface area (Å²) in [5.41, 5.74) is 4.24. The molecule has 0 amide bonds. The number of aryl methyl sites for hydroxylation is 2. The van der Waals surface area contributed by atoms with Gasteiger partial charge in [-0.1, -0.05) is 28.1 Å². The van der Waals surface area contributed by atoms with Crippen LogP contribution in [0, 0.1) is 29.8 Å². The minimum Gasteiger partial charge on any atom is -0.346 e. The molecule has 1 heterocycles. The highest BCUT2D eigenvalue weighted by molar-refractivity contribution is 9.10. The number of hydrogen-bond acceptors (Lipinski definition) is 2. The van der Waals surface area contributed by atoms with Crippen molar-refractivity contribution in [2.45, 2.75) is 20.4 Å². The zero-order valence-electron chi connectivity index (χ0n) is 13.8. The van der Waals surface area contributed by atoms with Gasteiger partial charge in [0.2, 0.25) is 0 Å². The van der Waals surface area contributed by atoms with Crippen LogP contribution in [-0.4, -0.2) is 9.49 Å². The van der Waals surface area contributed by atoms with Crippen molar-refractivity contribution in [3.63, 3.8) is 0 Å². The van der Waals surface area contributed by atoms with Crippen molar-refractivity contribution in [1.82, 2.24) is 4.57 Å². The third-order valence-corrected chi connectivity index (χ3v) is 4.62. The summed E-state index contributed by atoms with van der Waals surface area (Å²) < 4.78 is 15.9. The summed E-state index contributed by atoms with van der Waals surface area (Å²) in [6.07, 6.45) is 1.93. The molecule has 128 valence electrons. The summed E-state index contributed by atoms with van der Waals surface area (Å²) in [7, 11) is 0. The average Bonchev–Trinajstić information content (AvgIpc) is 2.88. The van der Waals surface area contributed by atoms with E-state index in [9.17, 15) is 14.5 Å². The van der Waals surface area contributed by atoms with Crippen molar-refractivity contribution in [3.05, 3.63) is 85.9 Å². The third kappa shape index (κ3) is 3.64. The molecule has 0 saturated carbocycles. The standard InChI is InChI=1S/C19H16BrFN2O2/c1-12-7-17(20)9-16(19(12)23(24)25)11-22-10-15(8-13(22)2)14-3-5-18(21)6-4-14/h3-10H,11H2,1-2H3. The van der Waals surface area contributed by atoms with E-state index in [0.717, 1.165) is 21.3 Å². The van der Waals surface area contributed by atoms with Crippen LogP contribution in [0.25, 0.3) is 11.1 Å². The predicted octanol–water partition coefficient (Wildman–Crippen LogP) is 5.63. The van der Waals surface area contributed by atoms with Crippen LogP contribution in [-0.2, 0) is 6.54 Å². The fraction of sp³-hybridized carbons (Fsp3) is 0.158. The van der Waals surface area contributed by atoms with Crippen molar-refractivity contribution in [2.24, 2.45) is 0 Å². The van der Waals surface area contributed by atoms with E-state index < -0.39 is 0 Å². The molecule has 0 aliphatic carbocycles. The van der Waals surface area contributed by atoms with Crippen LogP contribution in [0.15, 0.2) is 53.1 Å². The molecule has 3 aromatic rings. The molecule has 0 saturated heterocycles. The summed E-state index contributed by atoms with van der Waals surface area (Å²) in [6, 6.07) is 11.8. The van der Waals surface area contributed by atoms with Gasteiger partial charge in [-0.15, -0.1) is 0 Å². The maximum absolute atomic E-state index is 13.1.